The zero-order chi connectivity index (χ0) is 17.8. The molecule has 2 N–H and O–H groups in total. The number of carbonyl (C=O) groups excluding carboxylic acids is 1. The Morgan fingerprint density at radius 2 is 2.08 bits per heavy atom. The van der Waals surface area contributed by atoms with E-state index >= 15 is 0 Å². The molecular formula is C20H28N2O3. The molecule has 0 bridgehead atoms. The molecule has 1 aromatic carbocycles. The summed E-state index contributed by atoms with van der Waals surface area (Å²) in [6.45, 7) is 7.67. The van der Waals surface area contributed by atoms with Gasteiger partial charge in [0.25, 0.3) is 0 Å². The van der Waals surface area contributed by atoms with Gasteiger partial charge in [-0.05, 0) is 50.8 Å². The van der Waals surface area contributed by atoms with Gasteiger partial charge in [0.15, 0.2) is 0 Å². The summed E-state index contributed by atoms with van der Waals surface area (Å²) in [5.74, 6) is 0.0370. The number of rotatable bonds is 6. The zero-order valence-corrected chi connectivity index (χ0v) is 15.2. The van der Waals surface area contributed by atoms with Gasteiger partial charge in [0.2, 0.25) is 5.91 Å². The molecule has 25 heavy (non-hydrogen) atoms. The number of nitrogens with one attached hydrogen (secondary N) is 1. The van der Waals surface area contributed by atoms with Crippen LogP contribution in [0.4, 0.5) is 0 Å². The largest absolute Gasteiger partial charge is 0.464 e. The number of hydrogen-bond acceptors (Lipinski definition) is 4. The van der Waals surface area contributed by atoms with Gasteiger partial charge < -0.3 is 19.7 Å². The van der Waals surface area contributed by atoms with Gasteiger partial charge >= 0.3 is 0 Å². The van der Waals surface area contributed by atoms with Crippen molar-refractivity contribution >= 4 is 16.9 Å². The van der Waals surface area contributed by atoms with Gasteiger partial charge in [-0.15, -0.1) is 0 Å². The number of piperidine rings is 1. The van der Waals surface area contributed by atoms with Crippen LogP contribution in [0.2, 0.25) is 0 Å². The fraction of sp³-hybridized carbons (Fsp3) is 0.550. The molecular weight excluding hydrogens is 316 g/mol. The summed E-state index contributed by atoms with van der Waals surface area (Å²) in [6.07, 6.45) is 4.58. The monoisotopic (exact) mass is 344 g/mol. The molecule has 2 aromatic rings. The fourth-order valence-corrected chi connectivity index (χ4v) is 3.43. The summed E-state index contributed by atoms with van der Waals surface area (Å²) in [6, 6.07) is 4.11. The van der Waals surface area contributed by atoms with Crippen molar-refractivity contribution in [2.45, 2.75) is 45.6 Å². The number of fused-ring (bicyclic) bond motifs is 1. The average molecular weight is 344 g/mol. The number of nitrogens with zero attached hydrogens (tertiary/aromatic N) is 1. The highest BCUT2D eigenvalue weighted by atomic mass is 16.3. The molecule has 0 radical (unpaired) electrons. The highest BCUT2D eigenvalue weighted by Crippen LogP contribution is 2.26. The number of carbonyl (C=O) groups is 1. The molecule has 1 saturated heterocycles. The Balaban J connectivity index is 1.44. The molecule has 1 aliphatic rings. The smallest absolute Gasteiger partial charge is 0.224 e. The van der Waals surface area contributed by atoms with Crippen LogP contribution < -0.4 is 5.32 Å². The normalized spacial score (nSPS) is 16.4. The van der Waals surface area contributed by atoms with Crippen molar-refractivity contribution in [3.8, 4) is 0 Å². The first kappa shape index (κ1) is 18.0. The zero-order valence-electron chi connectivity index (χ0n) is 15.2. The molecule has 0 saturated carbocycles. The Hall–Kier alpha value is -1.85. The van der Waals surface area contributed by atoms with E-state index in [1.807, 2.05) is 13.0 Å². The minimum absolute atomic E-state index is 0.0370. The predicted octanol–water partition coefficient (Wildman–Crippen LogP) is 2.56. The second-order valence-corrected chi connectivity index (χ2v) is 7.10. The average Bonchev–Trinajstić information content (AvgIpc) is 3.00. The molecule has 0 atom stereocenters. The lowest BCUT2D eigenvalue weighted by Crippen LogP contribution is -2.37. The first-order chi connectivity index (χ1) is 12.0. The van der Waals surface area contributed by atoms with E-state index in [0.29, 0.717) is 13.0 Å². The van der Waals surface area contributed by atoms with Crippen LogP contribution in [-0.2, 0) is 11.2 Å². The van der Waals surface area contributed by atoms with Crippen LogP contribution in [0.3, 0.4) is 0 Å². The van der Waals surface area contributed by atoms with Gasteiger partial charge in [-0.25, -0.2) is 0 Å². The van der Waals surface area contributed by atoms with E-state index in [1.54, 1.807) is 6.26 Å². The number of benzene rings is 1. The van der Waals surface area contributed by atoms with Crippen LogP contribution >= 0.6 is 0 Å². The highest BCUT2D eigenvalue weighted by Gasteiger charge is 2.16. The van der Waals surface area contributed by atoms with Crippen molar-refractivity contribution in [2.24, 2.45) is 0 Å². The van der Waals surface area contributed by atoms with Crippen molar-refractivity contribution in [1.29, 1.82) is 0 Å². The van der Waals surface area contributed by atoms with E-state index < -0.39 is 0 Å². The van der Waals surface area contributed by atoms with Gasteiger partial charge in [0.1, 0.15) is 5.58 Å². The number of aryl methyl sites for hydroxylation is 2. The van der Waals surface area contributed by atoms with Crippen LogP contribution in [0.5, 0.6) is 0 Å². The maximum Gasteiger partial charge on any atom is 0.224 e. The summed E-state index contributed by atoms with van der Waals surface area (Å²) in [5, 5.41) is 13.5. The van der Waals surface area contributed by atoms with E-state index in [4.69, 9.17) is 4.42 Å². The second-order valence-electron chi connectivity index (χ2n) is 7.10. The number of hydrogen-bond donors (Lipinski definition) is 2. The van der Waals surface area contributed by atoms with E-state index in [0.717, 1.165) is 61.0 Å². The molecule has 136 valence electrons. The van der Waals surface area contributed by atoms with Gasteiger partial charge in [-0.1, -0.05) is 12.1 Å². The lowest BCUT2D eigenvalue weighted by molar-refractivity contribution is -0.120. The Bertz CT molecular complexity index is 730. The minimum Gasteiger partial charge on any atom is -0.464 e. The molecule has 1 aromatic heterocycles. The Kier molecular flexibility index (Phi) is 5.76. The van der Waals surface area contributed by atoms with Crippen molar-refractivity contribution in [1.82, 2.24) is 10.2 Å². The Morgan fingerprint density at radius 1 is 1.32 bits per heavy atom. The van der Waals surface area contributed by atoms with E-state index in [2.05, 4.69) is 23.2 Å². The molecule has 1 aliphatic heterocycles. The summed E-state index contributed by atoms with van der Waals surface area (Å²) in [5.41, 5.74) is 4.16. The fourth-order valence-electron chi connectivity index (χ4n) is 3.43. The van der Waals surface area contributed by atoms with E-state index in [-0.39, 0.29) is 12.0 Å². The second kappa shape index (κ2) is 8.02. The molecule has 1 amide bonds. The number of aliphatic hydroxyl groups is 1. The first-order valence-electron chi connectivity index (χ1n) is 9.18. The van der Waals surface area contributed by atoms with Crippen LogP contribution in [0.25, 0.3) is 11.0 Å². The molecule has 2 heterocycles. The summed E-state index contributed by atoms with van der Waals surface area (Å²) in [4.78, 5) is 14.6. The van der Waals surface area contributed by atoms with Gasteiger partial charge in [0, 0.05) is 30.6 Å². The number of aliphatic hydroxyl groups excluding tert-OH is 1. The number of furan rings is 1. The van der Waals surface area contributed by atoms with Gasteiger partial charge in [-0.3, -0.25) is 4.79 Å². The Morgan fingerprint density at radius 3 is 2.84 bits per heavy atom. The van der Waals surface area contributed by atoms with Crippen molar-refractivity contribution < 1.29 is 14.3 Å². The van der Waals surface area contributed by atoms with Crippen LogP contribution in [0.1, 0.15) is 36.0 Å². The molecule has 0 aliphatic carbocycles. The summed E-state index contributed by atoms with van der Waals surface area (Å²) < 4.78 is 5.67. The third-order valence-corrected chi connectivity index (χ3v) is 5.22. The van der Waals surface area contributed by atoms with E-state index in [9.17, 15) is 9.90 Å². The molecule has 5 heteroatoms. The predicted molar refractivity (Wildman–Crippen MR) is 98.7 cm³/mol. The summed E-state index contributed by atoms with van der Waals surface area (Å²) in [7, 11) is 0. The quantitative estimate of drug-likeness (QED) is 0.791. The minimum atomic E-state index is -0.131. The molecule has 5 nitrogen and oxygen atoms in total. The molecule has 0 spiro atoms. The SMILES string of the molecule is Cc1ccc2c(CC(=O)NCCCN3CCC(O)CC3)coc2c1C. The molecule has 1 fully saturated rings. The third-order valence-electron chi connectivity index (χ3n) is 5.22. The lowest BCUT2D eigenvalue weighted by Gasteiger charge is -2.29. The molecule has 0 unspecified atom stereocenters. The topological polar surface area (TPSA) is 65.7 Å². The van der Waals surface area contributed by atoms with E-state index in [1.165, 1.54) is 5.56 Å². The highest BCUT2D eigenvalue weighted by molar-refractivity contribution is 5.89. The number of amides is 1. The van der Waals surface area contributed by atoms with Crippen molar-refractivity contribution in [2.75, 3.05) is 26.2 Å². The maximum absolute atomic E-state index is 12.2. The van der Waals surface area contributed by atoms with Crippen LogP contribution in [0.15, 0.2) is 22.8 Å². The van der Waals surface area contributed by atoms with Gasteiger partial charge in [-0.2, -0.15) is 0 Å². The molecule has 3 rings (SSSR count). The third kappa shape index (κ3) is 4.41. The Labute approximate surface area is 149 Å². The first-order valence-corrected chi connectivity index (χ1v) is 9.18. The maximum atomic E-state index is 12.2. The standard InChI is InChI=1S/C20H28N2O3/c1-14-4-5-18-16(13-25-20(18)15(14)2)12-19(24)21-8-3-9-22-10-6-17(23)7-11-22/h4-5,13,17,23H,3,6-12H2,1-2H3,(H,21,24). The summed E-state index contributed by atoms with van der Waals surface area (Å²) >= 11 is 0. The van der Waals surface area contributed by atoms with Gasteiger partial charge in [0.05, 0.1) is 18.8 Å². The lowest BCUT2D eigenvalue weighted by atomic mass is 10.0. The van der Waals surface area contributed by atoms with Crippen LogP contribution in [-0.4, -0.2) is 48.2 Å². The van der Waals surface area contributed by atoms with Crippen molar-refractivity contribution in [3.05, 3.63) is 35.1 Å². The number of likely N-dealkylation sites (tertiary alicyclic amines) is 1. The van der Waals surface area contributed by atoms with Crippen molar-refractivity contribution in [3.63, 3.8) is 0 Å². The van der Waals surface area contributed by atoms with Crippen LogP contribution in [0, 0.1) is 13.8 Å².